The van der Waals surface area contributed by atoms with Gasteiger partial charge in [-0.3, -0.25) is 20.1 Å². The fourth-order valence-corrected chi connectivity index (χ4v) is 4.40. The number of fused-ring (bicyclic) bond motifs is 1. The van der Waals surface area contributed by atoms with E-state index in [0.717, 1.165) is 27.7 Å². The molecule has 0 saturated heterocycles. The molecule has 9 nitrogen and oxygen atoms in total. The second-order valence-electron chi connectivity index (χ2n) is 11.0. The number of nitrogens with zero attached hydrogens (tertiary/aromatic N) is 2. The molecule has 0 aliphatic carbocycles. The number of benzene rings is 2. The Bertz CT molecular complexity index is 1740. The number of carbonyl (C=O) groups is 2. The number of aromatic nitrogens is 2. The maximum Gasteiger partial charge on any atom is 0.324 e. The van der Waals surface area contributed by atoms with Crippen LogP contribution < -0.4 is 26.0 Å². The Morgan fingerprint density at radius 2 is 1.75 bits per heavy atom. The fourth-order valence-electron chi connectivity index (χ4n) is 4.40. The number of urea groups is 1. The average molecular weight is 591 g/mol. The molecule has 0 radical (unpaired) electrons. The van der Waals surface area contributed by atoms with Gasteiger partial charge in [0.2, 0.25) is 0 Å². The van der Waals surface area contributed by atoms with Gasteiger partial charge in [0, 0.05) is 42.3 Å². The molecule has 0 saturated carbocycles. The van der Waals surface area contributed by atoms with E-state index in [2.05, 4.69) is 58.6 Å². The van der Waals surface area contributed by atoms with E-state index in [9.17, 15) is 9.59 Å². The van der Waals surface area contributed by atoms with Crippen LogP contribution in [0.15, 0.2) is 109 Å². The molecule has 0 aliphatic heterocycles. The van der Waals surface area contributed by atoms with E-state index in [-0.39, 0.29) is 17.0 Å². The molecule has 2 heterocycles. The first kappa shape index (κ1) is 31.5. The number of nitrogens with one attached hydrogen (secondary N) is 4. The summed E-state index contributed by atoms with van der Waals surface area (Å²) in [6, 6.07) is 18.0. The van der Waals surface area contributed by atoms with Gasteiger partial charge in [-0.15, -0.1) is 0 Å². The molecule has 4 rings (SSSR count). The van der Waals surface area contributed by atoms with Crippen LogP contribution in [0.5, 0.6) is 11.5 Å². The zero-order chi connectivity index (χ0) is 31.7. The molecule has 2 aromatic heterocycles. The summed E-state index contributed by atoms with van der Waals surface area (Å²) in [6.07, 6.45) is 9.50. The number of anilines is 2. The molecule has 0 fully saturated rings. The van der Waals surface area contributed by atoms with Crippen molar-refractivity contribution in [2.75, 3.05) is 17.7 Å². The van der Waals surface area contributed by atoms with Gasteiger partial charge in [0.05, 0.1) is 5.52 Å². The van der Waals surface area contributed by atoms with E-state index in [4.69, 9.17) is 4.74 Å². The Morgan fingerprint density at radius 3 is 2.48 bits per heavy atom. The second-order valence-corrected chi connectivity index (χ2v) is 11.0. The van der Waals surface area contributed by atoms with Crippen molar-refractivity contribution >= 4 is 34.2 Å². The first-order valence-electron chi connectivity index (χ1n) is 14.3. The van der Waals surface area contributed by atoms with E-state index in [1.807, 2.05) is 55.5 Å². The van der Waals surface area contributed by atoms with Gasteiger partial charge in [0.1, 0.15) is 23.0 Å². The lowest BCUT2D eigenvalue weighted by Crippen LogP contribution is -2.32. The molecule has 226 valence electrons. The van der Waals surface area contributed by atoms with Gasteiger partial charge in [-0.1, -0.05) is 52.5 Å². The normalized spacial score (nSPS) is 11.9. The molecule has 3 amide bonds. The maximum absolute atomic E-state index is 13.4. The van der Waals surface area contributed by atoms with E-state index in [1.54, 1.807) is 43.6 Å². The molecule has 9 heteroatoms. The van der Waals surface area contributed by atoms with Crippen molar-refractivity contribution in [2.45, 2.75) is 34.1 Å². The number of ether oxygens (including phenoxy) is 1. The molecule has 0 unspecified atom stereocenters. The van der Waals surface area contributed by atoms with Crippen LogP contribution in [0.2, 0.25) is 0 Å². The molecule has 4 aromatic rings. The summed E-state index contributed by atoms with van der Waals surface area (Å²) >= 11 is 0. The van der Waals surface area contributed by atoms with Crippen LogP contribution in [0.1, 0.15) is 43.7 Å². The van der Waals surface area contributed by atoms with Gasteiger partial charge in [-0.05, 0) is 77.6 Å². The molecule has 4 N–H and O–H groups in total. The van der Waals surface area contributed by atoms with Crippen molar-refractivity contribution in [3.63, 3.8) is 0 Å². The number of amides is 3. The minimum atomic E-state index is -0.411. The smallest absolute Gasteiger partial charge is 0.324 e. The summed E-state index contributed by atoms with van der Waals surface area (Å²) in [7, 11) is 1.55. The van der Waals surface area contributed by atoms with Crippen LogP contribution in [0, 0.1) is 5.41 Å². The summed E-state index contributed by atoms with van der Waals surface area (Å²) in [6.45, 7) is 12.1. The first-order chi connectivity index (χ1) is 21.1. The number of carbonyl (C=O) groups excluding carboxylic acids is 2. The number of hydrogen-bond acceptors (Lipinski definition) is 6. The third-order valence-electron chi connectivity index (χ3n) is 6.73. The van der Waals surface area contributed by atoms with Crippen molar-refractivity contribution in [2.24, 2.45) is 5.41 Å². The molecule has 0 bridgehead atoms. The van der Waals surface area contributed by atoms with Gasteiger partial charge in [0.25, 0.3) is 5.91 Å². The average Bonchev–Trinajstić information content (AvgIpc) is 3.00. The van der Waals surface area contributed by atoms with E-state index < -0.39 is 6.03 Å². The van der Waals surface area contributed by atoms with Crippen molar-refractivity contribution < 1.29 is 14.3 Å². The molecule has 2 aromatic carbocycles. The van der Waals surface area contributed by atoms with Crippen molar-refractivity contribution in [3.8, 4) is 11.5 Å². The number of hydrogen-bond donors (Lipinski definition) is 4. The van der Waals surface area contributed by atoms with Crippen molar-refractivity contribution in [3.05, 3.63) is 121 Å². The van der Waals surface area contributed by atoms with Gasteiger partial charge < -0.3 is 20.7 Å². The van der Waals surface area contributed by atoms with E-state index in [0.29, 0.717) is 29.4 Å². The SMILES string of the molecule is C=CC=C(/C=C(/NC(=O)Nc1ccc(Oc2ccnc(C(=O)NC)c2)cc1CC)Nc1ccc2ncccc2c1)C(C)(C)C. The molecule has 0 spiro atoms. The van der Waals surface area contributed by atoms with Crippen LogP contribution >= 0.6 is 0 Å². The van der Waals surface area contributed by atoms with Crippen LogP contribution in [0.4, 0.5) is 16.2 Å². The van der Waals surface area contributed by atoms with Gasteiger partial charge in [-0.25, -0.2) is 4.79 Å². The van der Waals surface area contributed by atoms with Crippen LogP contribution in [0.3, 0.4) is 0 Å². The highest BCUT2D eigenvalue weighted by molar-refractivity contribution is 5.93. The van der Waals surface area contributed by atoms with Crippen molar-refractivity contribution in [1.29, 1.82) is 0 Å². The molecular weight excluding hydrogens is 552 g/mol. The second kappa shape index (κ2) is 14.2. The lowest BCUT2D eigenvalue weighted by molar-refractivity contribution is 0.0957. The third-order valence-corrected chi connectivity index (χ3v) is 6.73. The lowest BCUT2D eigenvalue weighted by atomic mass is 9.86. The summed E-state index contributed by atoms with van der Waals surface area (Å²) < 4.78 is 5.99. The predicted octanol–water partition coefficient (Wildman–Crippen LogP) is 7.58. The number of rotatable bonds is 10. The summed E-state index contributed by atoms with van der Waals surface area (Å²) in [5.74, 6) is 1.24. The maximum atomic E-state index is 13.4. The Hall–Kier alpha value is -5.44. The first-order valence-corrected chi connectivity index (χ1v) is 14.3. The zero-order valence-electron chi connectivity index (χ0n) is 25.7. The third kappa shape index (κ3) is 8.32. The zero-order valence-corrected chi connectivity index (χ0v) is 25.7. The number of allylic oxidation sites excluding steroid dienone is 4. The highest BCUT2D eigenvalue weighted by atomic mass is 16.5. The van der Waals surface area contributed by atoms with E-state index >= 15 is 0 Å². The molecule has 0 aliphatic rings. The Kier molecular flexibility index (Phi) is 10.1. The molecule has 44 heavy (non-hydrogen) atoms. The number of aryl methyl sites for hydroxylation is 1. The lowest BCUT2D eigenvalue weighted by Gasteiger charge is -2.22. The fraction of sp³-hybridized carbons (Fsp3) is 0.200. The Balaban J connectivity index is 1.56. The predicted molar refractivity (Wildman–Crippen MR) is 177 cm³/mol. The summed E-state index contributed by atoms with van der Waals surface area (Å²) in [4.78, 5) is 33.8. The van der Waals surface area contributed by atoms with Gasteiger partial charge in [-0.2, -0.15) is 0 Å². The minimum Gasteiger partial charge on any atom is -0.457 e. The van der Waals surface area contributed by atoms with Crippen LogP contribution in [-0.2, 0) is 6.42 Å². The van der Waals surface area contributed by atoms with Gasteiger partial charge in [0.15, 0.2) is 0 Å². The monoisotopic (exact) mass is 590 g/mol. The Labute approximate surface area is 258 Å². The minimum absolute atomic E-state index is 0.201. The largest absolute Gasteiger partial charge is 0.457 e. The number of pyridine rings is 2. The molecular formula is C35H38N6O3. The van der Waals surface area contributed by atoms with Crippen molar-refractivity contribution in [1.82, 2.24) is 20.6 Å². The highest BCUT2D eigenvalue weighted by Crippen LogP contribution is 2.29. The Morgan fingerprint density at radius 1 is 0.955 bits per heavy atom. The summed E-state index contributed by atoms with van der Waals surface area (Å²) in [5, 5.41) is 12.9. The van der Waals surface area contributed by atoms with Crippen LogP contribution in [-0.4, -0.2) is 29.0 Å². The summed E-state index contributed by atoms with van der Waals surface area (Å²) in [5.41, 5.74) is 4.23. The topological polar surface area (TPSA) is 117 Å². The van der Waals surface area contributed by atoms with Gasteiger partial charge >= 0.3 is 6.03 Å². The van der Waals surface area contributed by atoms with E-state index in [1.165, 1.54) is 6.20 Å². The highest BCUT2D eigenvalue weighted by Gasteiger charge is 2.17. The van der Waals surface area contributed by atoms with Crippen LogP contribution in [0.25, 0.3) is 10.9 Å². The quantitative estimate of drug-likeness (QED) is 0.142. The molecule has 0 atom stereocenters. The standard InChI is InChI=1S/C35H38N6O3/c1-7-10-25(35(3,4)5)21-32(39-26-12-14-29-24(19-26)11-9-17-37-29)41-34(43)40-30-15-13-27(20-23(30)8-2)44-28-16-18-38-31(22-28)33(42)36-6/h7,9-22,39H,1,8H2,2-6H3,(H,36,42)(H2,40,41,43)/b25-10?,32-21+.